The van der Waals surface area contributed by atoms with E-state index in [4.69, 9.17) is 5.73 Å². The first-order valence-electron chi connectivity index (χ1n) is 8.86. The van der Waals surface area contributed by atoms with Crippen LogP contribution < -0.4 is 5.73 Å². The summed E-state index contributed by atoms with van der Waals surface area (Å²) in [5.74, 6) is 0.153. The third kappa shape index (κ3) is 5.83. The molecule has 26 heavy (non-hydrogen) atoms. The number of nitrogens with zero attached hydrogens (tertiary/aromatic N) is 1. The number of nitrogen functional groups attached to an aromatic ring is 1. The van der Waals surface area contributed by atoms with Crippen LogP contribution in [0.5, 0.6) is 0 Å². The van der Waals surface area contributed by atoms with Gasteiger partial charge >= 0.3 is 0 Å². The summed E-state index contributed by atoms with van der Waals surface area (Å²) in [5, 5.41) is 10.4. The Morgan fingerprint density at radius 1 is 1.00 bits per heavy atom. The number of benzene rings is 2. The van der Waals surface area contributed by atoms with Crippen molar-refractivity contribution < 1.29 is 13.5 Å². The van der Waals surface area contributed by atoms with Gasteiger partial charge in [-0.3, -0.25) is 0 Å². The second-order valence-electron chi connectivity index (χ2n) is 6.96. The molecule has 0 aromatic heterocycles. The summed E-state index contributed by atoms with van der Waals surface area (Å²) < 4.78 is 27.3. The van der Waals surface area contributed by atoms with Crippen LogP contribution in [0, 0.1) is 5.92 Å². The highest BCUT2D eigenvalue weighted by Crippen LogP contribution is 2.20. The zero-order chi connectivity index (χ0) is 19.2. The van der Waals surface area contributed by atoms with Crippen molar-refractivity contribution in [1.29, 1.82) is 0 Å². The second-order valence-corrected chi connectivity index (χ2v) is 8.90. The predicted octanol–water partition coefficient (Wildman–Crippen LogP) is 2.91. The van der Waals surface area contributed by atoms with Gasteiger partial charge in [-0.1, -0.05) is 44.2 Å². The van der Waals surface area contributed by atoms with Gasteiger partial charge in [0.05, 0.1) is 11.0 Å². The number of anilines is 1. The standard InChI is InChI=1S/C20H28N2O3S/c1-16(2)14-22(26(24,25)20-12-9-18(21)10-13-20)15-19(23)11-8-17-6-4-3-5-7-17/h3-7,9-10,12-13,16,19,23H,8,11,14-15,21H2,1-2H3. The minimum Gasteiger partial charge on any atom is -0.399 e. The monoisotopic (exact) mass is 376 g/mol. The Kier molecular flexibility index (Phi) is 7.20. The Bertz CT molecular complexity index is 774. The third-order valence-corrected chi connectivity index (χ3v) is 5.96. The Hall–Kier alpha value is -1.89. The van der Waals surface area contributed by atoms with Gasteiger partial charge in [-0.15, -0.1) is 0 Å². The van der Waals surface area contributed by atoms with Crippen molar-refractivity contribution in [2.24, 2.45) is 5.92 Å². The van der Waals surface area contributed by atoms with E-state index in [-0.39, 0.29) is 17.4 Å². The van der Waals surface area contributed by atoms with Crippen LogP contribution in [0.15, 0.2) is 59.5 Å². The van der Waals surface area contributed by atoms with E-state index in [9.17, 15) is 13.5 Å². The highest BCUT2D eigenvalue weighted by molar-refractivity contribution is 7.89. The minimum atomic E-state index is -3.67. The van der Waals surface area contributed by atoms with Gasteiger partial charge in [-0.05, 0) is 48.6 Å². The molecule has 6 heteroatoms. The van der Waals surface area contributed by atoms with Crippen LogP contribution >= 0.6 is 0 Å². The lowest BCUT2D eigenvalue weighted by Gasteiger charge is -2.26. The first kappa shape index (κ1) is 20.4. The molecular formula is C20H28N2O3S. The molecule has 2 aromatic carbocycles. The second kappa shape index (κ2) is 9.16. The van der Waals surface area contributed by atoms with Gasteiger partial charge in [-0.2, -0.15) is 4.31 Å². The van der Waals surface area contributed by atoms with Crippen LogP contribution in [0.2, 0.25) is 0 Å². The highest BCUT2D eigenvalue weighted by atomic mass is 32.2. The fraction of sp³-hybridized carbons (Fsp3) is 0.400. The normalized spacial score (nSPS) is 13.3. The van der Waals surface area contributed by atoms with Crippen molar-refractivity contribution in [1.82, 2.24) is 4.31 Å². The molecule has 5 nitrogen and oxygen atoms in total. The van der Waals surface area contributed by atoms with Gasteiger partial charge in [-0.25, -0.2) is 8.42 Å². The van der Waals surface area contributed by atoms with Crippen LogP contribution in [-0.2, 0) is 16.4 Å². The van der Waals surface area contributed by atoms with Crippen molar-refractivity contribution in [3.63, 3.8) is 0 Å². The number of rotatable bonds is 9. The number of aliphatic hydroxyl groups excluding tert-OH is 1. The average Bonchev–Trinajstić information content (AvgIpc) is 2.60. The van der Waals surface area contributed by atoms with E-state index in [1.807, 2.05) is 44.2 Å². The van der Waals surface area contributed by atoms with Crippen LogP contribution in [-0.4, -0.2) is 37.0 Å². The molecule has 2 rings (SSSR count). The molecule has 0 saturated heterocycles. The highest BCUT2D eigenvalue weighted by Gasteiger charge is 2.27. The summed E-state index contributed by atoms with van der Waals surface area (Å²) in [6.45, 7) is 4.36. The molecule has 1 atom stereocenters. The van der Waals surface area contributed by atoms with Crippen molar-refractivity contribution in [3.05, 3.63) is 60.2 Å². The number of aliphatic hydroxyl groups is 1. The lowest BCUT2D eigenvalue weighted by atomic mass is 10.1. The third-order valence-electron chi connectivity index (χ3n) is 4.11. The molecular weight excluding hydrogens is 348 g/mol. The SMILES string of the molecule is CC(C)CN(CC(O)CCc1ccccc1)S(=O)(=O)c1ccc(N)cc1. The van der Waals surface area contributed by atoms with Crippen LogP contribution in [0.4, 0.5) is 5.69 Å². The Labute approximate surface area is 156 Å². The van der Waals surface area contributed by atoms with Gasteiger partial charge in [0.15, 0.2) is 0 Å². The maximum absolute atomic E-state index is 13.0. The topological polar surface area (TPSA) is 83.6 Å². The summed E-state index contributed by atoms with van der Waals surface area (Å²) in [6, 6.07) is 16.0. The van der Waals surface area contributed by atoms with Gasteiger partial charge in [0, 0.05) is 18.8 Å². The lowest BCUT2D eigenvalue weighted by molar-refractivity contribution is 0.133. The zero-order valence-corrected chi connectivity index (χ0v) is 16.2. The summed E-state index contributed by atoms with van der Waals surface area (Å²) in [6.07, 6.45) is 0.493. The molecule has 0 bridgehead atoms. The lowest BCUT2D eigenvalue weighted by Crippen LogP contribution is -2.40. The molecule has 1 unspecified atom stereocenters. The van der Waals surface area contributed by atoms with Crippen molar-refractivity contribution in [3.8, 4) is 0 Å². The van der Waals surface area contributed by atoms with E-state index in [1.54, 1.807) is 12.1 Å². The van der Waals surface area contributed by atoms with E-state index >= 15 is 0 Å². The fourth-order valence-electron chi connectivity index (χ4n) is 2.77. The van der Waals surface area contributed by atoms with Crippen LogP contribution in [0.25, 0.3) is 0 Å². The summed E-state index contributed by atoms with van der Waals surface area (Å²) in [5.41, 5.74) is 7.30. The van der Waals surface area contributed by atoms with Crippen molar-refractivity contribution >= 4 is 15.7 Å². The van der Waals surface area contributed by atoms with Gasteiger partial charge in [0.2, 0.25) is 10.0 Å². The van der Waals surface area contributed by atoms with E-state index in [2.05, 4.69) is 0 Å². The Morgan fingerprint density at radius 3 is 2.19 bits per heavy atom. The van der Waals surface area contributed by atoms with Gasteiger partial charge in [0.25, 0.3) is 0 Å². The average molecular weight is 377 g/mol. The Balaban J connectivity index is 2.09. The van der Waals surface area contributed by atoms with E-state index in [0.717, 1.165) is 5.56 Å². The summed E-state index contributed by atoms with van der Waals surface area (Å²) >= 11 is 0. The first-order chi connectivity index (χ1) is 12.3. The molecule has 3 N–H and O–H groups in total. The van der Waals surface area contributed by atoms with Crippen molar-refractivity contribution in [2.75, 3.05) is 18.8 Å². The fourth-order valence-corrected chi connectivity index (χ4v) is 4.41. The maximum Gasteiger partial charge on any atom is 0.243 e. The molecule has 0 heterocycles. The predicted molar refractivity (Wildman–Crippen MR) is 105 cm³/mol. The van der Waals surface area contributed by atoms with Gasteiger partial charge < -0.3 is 10.8 Å². The molecule has 0 spiro atoms. The van der Waals surface area contributed by atoms with E-state index in [1.165, 1.54) is 16.4 Å². The zero-order valence-electron chi connectivity index (χ0n) is 15.4. The maximum atomic E-state index is 13.0. The smallest absolute Gasteiger partial charge is 0.243 e. The summed E-state index contributed by atoms with van der Waals surface area (Å²) in [7, 11) is -3.67. The molecule has 2 aromatic rings. The van der Waals surface area contributed by atoms with Gasteiger partial charge in [0.1, 0.15) is 0 Å². The number of sulfonamides is 1. The molecule has 0 amide bonds. The number of aryl methyl sites for hydroxylation is 1. The quantitative estimate of drug-likeness (QED) is 0.659. The molecule has 0 fully saturated rings. The molecule has 0 aliphatic heterocycles. The molecule has 0 aliphatic carbocycles. The number of hydrogen-bond acceptors (Lipinski definition) is 4. The van der Waals surface area contributed by atoms with E-state index < -0.39 is 16.1 Å². The van der Waals surface area contributed by atoms with Crippen molar-refractivity contribution in [2.45, 2.75) is 37.7 Å². The molecule has 0 radical (unpaired) electrons. The van der Waals surface area contributed by atoms with Crippen LogP contribution in [0.3, 0.4) is 0 Å². The molecule has 0 saturated carbocycles. The number of nitrogens with two attached hydrogens (primary N) is 1. The minimum absolute atomic E-state index is 0.0811. The molecule has 142 valence electrons. The summed E-state index contributed by atoms with van der Waals surface area (Å²) in [4.78, 5) is 0.197. The largest absolute Gasteiger partial charge is 0.399 e. The Morgan fingerprint density at radius 2 is 1.62 bits per heavy atom. The van der Waals surface area contributed by atoms with E-state index in [0.29, 0.717) is 25.1 Å². The van der Waals surface area contributed by atoms with Crippen LogP contribution in [0.1, 0.15) is 25.8 Å². The first-order valence-corrected chi connectivity index (χ1v) is 10.3. The number of hydrogen-bond donors (Lipinski definition) is 2. The molecule has 0 aliphatic rings.